The van der Waals surface area contributed by atoms with E-state index in [1.807, 2.05) is 6.92 Å². The van der Waals surface area contributed by atoms with Crippen LogP contribution in [0.2, 0.25) is 0 Å². The molecule has 1 fully saturated rings. The summed E-state index contributed by atoms with van der Waals surface area (Å²) in [6, 6.07) is 0.331. The minimum atomic E-state index is -0.615. The number of likely N-dealkylation sites (tertiary alicyclic amines) is 1. The molecule has 0 radical (unpaired) electrons. The van der Waals surface area contributed by atoms with Crippen molar-refractivity contribution in [3.05, 3.63) is 0 Å². The van der Waals surface area contributed by atoms with Gasteiger partial charge in [0.2, 0.25) is 5.91 Å². The van der Waals surface area contributed by atoms with Crippen molar-refractivity contribution in [3.8, 4) is 0 Å². The first-order valence-electron chi connectivity index (χ1n) is 8.22. The van der Waals surface area contributed by atoms with Crippen molar-refractivity contribution in [1.82, 2.24) is 15.1 Å². The minimum Gasteiger partial charge on any atom is -0.368 e. The Morgan fingerprint density at radius 1 is 1.57 bits per heavy atom. The Morgan fingerprint density at radius 2 is 2.24 bits per heavy atom. The quantitative estimate of drug-likeness (QED) is 0.664. The van der Waals surface area contributed by atoms with Crippen LogP contribution in [0.1, 0.15) is 40.0 Å². The summed E-state index contributed by atoms with van der Waals surface area (Å²) in [5.74, 6) is 0.489. The Bertz CT molecular complexity index is 336. The molecule has 1 amide bonds. The summed E-state index contributed by atoms with van der Waals surface area (Å²) in [6.07, 6.45) is 3.03. The molecule has 0 bridgehead atoms. The fourth-order valence-corrected chi connectivity index (χ4v) is 3.17. The molecule has 3 atom stereocenters. The fourth-order valence-electron chi connectivity index (χ4n) is 3.17. The molecule has 0 saturated carbocycles. The Labute approximate surface area is 130 Å². The van der Waals surface area contributed by atoms with Crippen LogP contribution in [-0.4, -0.2) is 67.6 Å². The highest BCUT2D eigenvalue weighted by atomic mass is 16.1. The fraction of sp³-hybridized carbons (Fsp3) is 0.938. The molecule has 1 aliphatic heterocycles. The van der Waals surface area contributed by atoms with Gasteiger partial charge in [0.1, 0.15) is 0 Å². The Balaban J connectivity index is 2.51. The maximum absolute atomic E-state index is 11.8. The largest absolute Gasteiger partial charge is 0.368 e. The normalized spacial score (nSPS) is 24.2. The number of hydrogen-bond donors (Lipinski definition) is 2. The predicted molar refractivity (Wildman–Crippen MR) is 88.2 cm³/mol. The minimum absolute atomic E-state index is 0.253. The second-order valence-corrected chi connectivity index (χ2v) is 7.03. The van der Waals surface area contributed by atoms with E-state index in [0.717, 1.165) is 31.8 Å². The van der Waals surface area contributed by atoms with E-state index < -0.39 is 5.54 Å². The molecule has 0 aromatic carbocycles. The molecule has 1 rings (SSSR count). The molecule has 3 N–H and O–H groups in total. The Kier molecular flexibility index (Phi) is 7.10. The topological polar surface area (TPSA) is 61.6 Å². The van der Waals surface area contributed by atoms with Crippen LogP contribution in [0.3, 0.4) is 0 Å². The number of hydrogen-bond acceptors (Lipinski definition) is 4. The standard InChI is InChI=1S/C16H34N4O/c1-6-8-18-16(3,15(17)21)10-13(2)20(5)12-14-7-9-19(4)11-14/h13-14,18H,6-12H2,1-5H3,(H2,17,21). The summed E-state index contributed by atoms with van der Waals surface area (Å²) in [7, 11) is 4.34. The van der Waals surface area contributed by atoms with Crippen molar-refractivity contribution < 1.29 is 4.79 Å². The highest BCUT2D eigenvalue weighted by Crippen LogP contribution is 2.20. The maximum Gasteiger partial charge on any atom is 0.237 e. The van der Waals surface area contributed by atoms with Crippen molar-refractivity contribution in [2.24, 2.45) is 11.7 Å². The lowest BCUT2D eigenvalue weighted by Gasteiger charge is -2.35. The van der Waals surface area contributed by atoms with Crippen LogP contribution in [-0.2, 0) is 4.79 Å². The molecule has 0 aliphatic carbocycles. The van der Waals surface area contributed by atoms with Gasteiger partial charge in [-0.3, -0.25) is 4.79 Å². The van der Waals surface area contributed by atoms with Crippen LogP contribution in [0.4, 0.5) is 0 Å². The van der Waals surface area contributed by atoms with Gasteiger partial charge >= 0.3 is 0 Å². The summed E-state index contributed by atoms with van der Waals surface area (Å²) in [5.41, 5.74) is 5.00. The third-order valence-corrected chi connectivity index (χ3v) is 4.80. The van der Waals surface area contributed by atoms with Gasteiger partial charge in [0, 0.05) is 19.1 Å². The van der Waals surface area contributed by atoms with E-state index in [2.05, 4.69) is 43.1 Å². The maximum atomic E-state index is 11.8. The zero-order valence-electron chi connectivity index (χ0n) is 14.5. The van der Waals surface area contributed by atoms with E-state index in [1.165, 1.54) is 19.5 Å². The smallest absolute Gasteiger partial charge is 0.237 e. The zero-order valence-corrected chi connectivity index (χ0v) is 14.5. The van der Waals surface area contributed by atoms with E-state index in [0.29, 0.717) is 6.04 Å². The van der Waals surface area contributed by atoms with E-state index in [-0.39, 0.29) is 5.91 Å². The van der Waals surface area contributed by atoms with Crippen LogP contribution in [0.15, 0.2) is 0 Å². The average molecular weight is 298 g/mol. The third-order valence-electron chi connectivity index (χ3n) is 4.80. The lowest BCUT2D eigenvalue weighted by atomic mass is 9.91. The zero-order chi connectivity index (χ0) is 16.0. The number of nitrogens with zero attached hydrogens (tertiary/aromatic N) is 2. The van der Waals surface area contributed by atoms with Gasteiger partial charge in [-0.25, -0.2) is 0 Å². The number of carbonyl (C=O) groups is 1. The van der Waals surface area contributed by atoms with Gasteiger partial charge in [-0.1, -0.05) is 6.92 Å². The molecule has 21 heavy (non-hydrogen) atoms. The Morgan fingerprint density at radius 3 is 2.71 bits per heavy atom. The average Bonchev–Trinajstić information content (AvgIpc) is 2.81. The van der Waals surface area contributed by atoms with Crippen LogP contribution >= 0.6 is 0 Å². The van der Waals surface area contributed by atoms with E-state index in [1.54, 1.807) is 0 Å². The predicted octanol–water partition coefficient (Wildman–Crippen LogP) is 0.892. The summed E-state index contributed by atoms with van der Waals surface area (Å²) in [4.78, 5) is 16.6. The molecule has 1 saturated heterocycles. The molecule has 0 aromatic heterocycles. The van der Waals surface area contributed by atoms with Gasteiger partial charge < -0.3 is 20.9 Å². The molecule has 5 heteroatoms. The first-order valence-corrected chi connectivity index (χ1v) is 8.22. The van der Waals surface area contributed by atoms with Crippen molar-refractivity contribution in [2.45, 2.75) is 51.6 Å². The van der Waals surface area contributed by atoms with Crippen LogP contribution in [0.25, 0.3) is 0 Å². The number of rotatable bonds is 9. The molecule has 1 aliphatic rings. The van der Waals surface area contributed by atoms with Gasteiger partial charge in [-0.15, -0.1) is 0 Å². The SMILES string of the molecule is CCCNC(C)(CC(C)N(C)CC1CCN(C)C1)C(N)=O. The molecular formula is C16H34N4O. The van der Waals surface area contributed by atoms with Crippen molar-refractivity contribution in [3.63, 3.8) is 0 Å². The number of amides is 1. The lowest BCUT2D eigenvalue weighted by molar-refractivity contribution is -0.124. The molecule has 1 heterocycles. The molecular weight excluding hydrogens is 264 g/mol. The molecule has 124 valence electrons. The van der Waals surface area contributed by atoms with Gasteiger partial charge in [0.25, 0.3) is 0 Å². The van der Waals surface area contributed by atoms with Gasteiger partial charge in [0.15, 0.2) is 0 Å². The first-order chi connectivity index (χ1) is 9.78. The highest BCUT2D eigenvalue weighted by Gasteiger charge is 2.33. The van der Waals surface area contributed by atoms with Crippen molar-refractivity contribution in [1.29, 1.82) is 0 Å². The summed E-state index contributed by atoms with van der Waals surface area (Å²) in [6.45, 7) is 10.5. The van der Waals surface area contributed by atoms with Crippen molar-refractivity contribution in [2.75, 3.05) is 40.3 Å². The van der Waals surface area contributed by atoms with Gasteiger partial charge in [-0.05, 0) is 66.2 Å². The van der Waals surface area contributed by atoms with Crippen LogP contribution < -0.4 is 11.1 Å². The number of carbonyl (C=O) groups excluding carboxylic acids is 1. The highest BCUT2D eigenvalue weighted by molar-refractivity contribution is 5.84. The third kappa shape index (κ3) is 5.57. The summed E-state index contributed by atoms with van der Waals surface area (Å²) >= 11 is 0. The van der Waals surface area contributed by atoms with Crippen LogP contribution in [0, 0.1) is 5.92 Å². The van der Waals surface area contributed by atoms with Gasteiger partial charge in [-0.2, -0.15) is 0 Å². The molecule has 0 spiro atoms. The second kappa shape index (κ2) is 8.11. The van der Waals surface area contributed by atoms with E-state index >= 15 is 0 Å². The second-order valence-electron chi connectivity index (χ2n) is 7.03. The number of primary amides is 1. The number of nitrogens with two attached hydrogens (primary N) is 1. The van der Waals surface area contributed by atoms with Gasteiger partial charge in [0.05, 0.1) is 5.54 Å². The van der Waals surface area contributed by atoms with Crippen molar-refractivity contribution >= 4 is 5.91 Å². The first kappa shape index (κ1) is 18.4. The lowest BCUT2D eigenvalue weighted by Crippen LogP contribution is -2.56. The van der Waals surface area contributed by atoms with E-state index in [4.69, 9.17) is 5.73 Å². The Hall–Kier alpha value is -0.650. The molecule has 3 unspecified atom stereocenters. The summed E-state index contributed by atoms with van der Waals surface area (Å²) in [5, 5.41) is 3.32. The van der Waals surface area contributed by atoms with Crippen LogP contribution in [0.5, 0.6) is 0 Å². The molecule has 0 aromatic rings. The number of nitrogens with one attached hydrogen (secondary N) is 1. The van der Waals surface area contributed by atoms with E-state index in [9.17, 15) is 4.79 Å². The molecule has 5 nitrogen and oxygen atoms in total. The monoisotopic (exact) mass is 298 g/mol. The summed E-state index contributed by atoms with van der Waals surface area (Å²) < 4.78 is 0.